The Hall–Kier alpha value is -1.50. The topological polar surface area (TPSA) is 74.5 Å². The third kappa shape index (κ3) is 2.05. The molecule has 0 saturated carbocycles. The summed E-state index contributed by atoms with van der Waals surface area (Å²) in [4.78, 5) is 9.43. The molecule has 0 amide bonds. The highest BCUT2D eigenvalue weighted by Gasteiger charge is 2.22. The predicted octanol–water partition coefficient (Wildman–Crippen LogP) is 1.03. The second kappa shape index (κ2) is 3.33. The summed E-state index contributed by atoms with van der Waals surface area (Å²) in [6.45, 7) is 0. The van der Waals surface area contributed by atoms with Gasteiger partial charge >= 0.3 is 5.69 Å². The van der Waals surface area contributed by atoms with Crippen LogP contribution in [0.4, 0.5) is 10.1 Å². The van der Waals surface area contributed by atoms with Crippen molar-refractivity contribution in [1.29, 1.82) is 0 Å². The molecule has 7 heteroatoms. The van der Waals surface area contributed by atoms with Gasteiger partial charge in [0.05, 0.1) is 9.80 Å². The van der Waals surface area contributed by atoms with Crippen molar-refractivity contribution in [2.75, 3.05) is 6.26 Å². The average molecular weight is 220 g/mol. The maximum absolute atomic E-state index is 12.8. The molecule has 0 aliphatic rings. The van der Waals surface area contributed by atoms with Crippen LogP contribution in [0.25, 0.3) is 0 Å². The molecule has 0 fully saturated rings. The van der Waals surface area contributed by atoms with E-state index in [0.29, 0.717) is 0 Å². The minimum absolute atomic E-state index is 0.233. The molecule has 0 spiro atoms. The van der Waals surface area contributed by atoms with Crippen molar-refractivity contribution < 1.29 is 22.9 Å². The maximum Gasteiger partial charge on any atom is 0.353 e. The number of hydrogen-bond donors (Lipinski definition) is 1. The van der Waals surface area contributed by atoms with Crippen LogP contribution in [0.5, 0.6) is 0 Å². The Morgan fingerprint density at radius 3 is 2.43 bits per heavy atom. The standard InChI is InChI=1S/C7H7FNO4S/c1-14(12,13)5-2-3-6(8)7(4-5)9(10)11/h2-4H,1H3,(H,10,11)/q+1. The molecule has 0 aliphatic carbocycles. The molecule has 1 N–H and O–H groups in total. The normalized spacial score (nSPS) is 11.3. The highest BCUT2D eigenvalue weighted by molar-refractivity contribution is 7.90. The molecule has 76 valence electrons. The van der Waals surface area contributed by atoms with Crippen LogP contribution in [-0.2, 0) is 9.84 Å². The van der Waals surface area contributed by atoms with Gasteiger partial charge in [-0.05, 0) is 12.1 Å². The van der Waals surface area contributed by atoms with Crippen LogP contribution >= 0.6 is 0 Å². The Morgan fingerprint density at radius 1 is 1.43 bits per heavy atom. The summed E-state index contributed by atoms with van der Waals surface area (Å²) in [6, 6.07) is 2.57. The van der Waals surface area contributed by atoms with Crippen LogP contribution in [0.1, 0.15) is 0 Å². The highest BCUT2D eigenvalue weighted by Crippen LogP contribution is 2.20. The minimum atomic E-state index is -3.52. The first kappa shape index (κ1) is 10.6. The molecule has 0 aliphatic heterocycles. The number of rotatable bonds is 2. The van der Waals surface area contributed by atoms with E-state index in [9.17, 15) is 17.7 Å². The molecule has 5 nitrogen and oxygen atoms in total. The van der Waals surface area contributed by atoms with Gasteiger partial charge in [-0.3, -0.25) is 0 Å². The molecule has 14 heavy (non-hydrogen) atoms. The van der Waals surface area contributed by atoms with Crippen LogP contribution < -0.4 is 0 Å². The van der Waals surface area contributed by atoms with Crippen molar-refractivity contribution >= 4 is 15.5 Å². The summed E-state index contributed by atoms with van der Waals surface area (Å²) in [5, 5.41) is 8.44. The van der Waals surface area contributed by atoms with E-state index in [1.54, 1.807) is 0 Å². The average Bonchev–Trinajstić information content (AvgIpc) is 2.02. The number of halogens is 1. The molecule has 0 atom stereocenters. The van der Waals surface area contributed by atoms with Gasteiger partial charge in [-0.1, -0.05) is 0 Å². The quantitative estimate of drug-likeness (QED) is 0.596. The number of benzene rings is 1. The highest BCUT2D eigenvalue weighted by atomic mass is 32.2. The SMILES string of the molecule is CS(=O)(=O)c1ccc(F)c([N+](=O)O)c1. The smallest absolute Gasteiger partial charge is 0.241 e. The van der Waals surface area contributed by atoms with Gasteiger partial charge in [0.25, 0.3) is 4.92 Å². The van der Waals surface area contributed by atoms with Crippen LogP contribution in [-0.4, -0.2) is 24.8 Å². The number of nitrogens with zero attached hydrogens (tertiary/aromatic N) is 1. The summed E-state index contributed by atoms with van der Waals surface area (Å²) in [7, 11) is -3.52. The molecule has 0 unspecified atom stereocenters. The number of sulfone groups is 1. The summed E-state index contributed by atoms with van der Waals surface area (Å²) in [5.41, 5.74) is -0.729. The molecular formula is C7H7FNO4S+. The zero-order valence-electron chi connectivity index (χ0n) is 7.14. The van der Waals surface area contributed by atoms with Gasteiger partial charge in [0.1, 0.15) is 0 Å². The van der Waals surface area contributed by atoms with E-state index >= 15 is 0 Å². The van der Waals surface area contributed by atoms with Crippen molar-refractivity contribution in [2.45, 2.75) is 4.90 Å². The summed E-state index contributed by atoms with van der Waals surface area (Å²) in [5.74, 6) is -0.991. The maximum atomic E-state index is 12.8. The Balaban J connectivity index is 3.42. The lowest BCUT2D eigenvalue weighted by molar-refractivity contribution is -0.731. The molecule has 0 heterocycles. The van der Waals surface area contributed by atoms with Gasteiger partial charge in [-0.2, -0.15) is 4.39 Å². The van der Waals surface area contributed by atoms with E-state index in [4.69, 9.17) is 5.21 Å². The Bertz CT molecular complexity index is 482. The Labute approximate surface area is 79.2 Å². The van der Waals surface area contributed by atoms with Crippen LogP contribution in [0.3, 0.4) is 0 Å². The van der Waals surface area contributed by atoms with Gasteiger partial charge < -0.3 is 0 Å². The van der Waals surface area contributed by atoms with Gasteiger partial charge in [0.2, 0.25) is 5.82 Å². The van der Waals surface area contributed by atoms with Crippen LogP contribution in [0.15, 0.2) is 23.1 Å². The van der Waals surface area contributed by atoms with E-state index in [1.807, 2.05) is 0 Å². The minimum Gasteiger partial charge on any atom is -0.241 e. The van der Waals surface area contributed by atoms with Gasteiger partial charge in [-0.25, -0.2) is 13.6 Å². The lowest BCUT2D eigenvalue weighted by Crippen LogP contribution is -2.01. The molecule has 0 radical (unpaired) electrons. The van der Waals surface area contributed by atoms with Crippen molar-refractivity contribution in [3.63, 3.8) is 0 Å². The fourth-order valence-electron chi connectivity index (χ4n) is 0.870. The Morgan fingerprint density at radius 2 is 2.00 bits per heavy atom. The zero-order valence-corrected chi connectivity index (χ0v) is 7.95. The Kier molecular flexibility index (Phi) is 2.52. The van der Waals surface area contributed by atoms with Crippen molar-refractivity contribution in [3.8, 4) is 0 Å². The molecule has 0 aromatic heterocycles. The summed E-state index contributed by atoms with van der Waals surface area (Å²) >= 11 is 0. The monoisotopic (exact) mass is 220 g/mol. The van der Waals surface area contributed by atoms with Gasteiger partial charge in [0.15, 0.2) is 9.84 Å². The molecular weight excluding hydrogens is 213 g/mol. The summed E-state index contributed by atoms with van der Waals surface area (Å²) < 4.78 is 34.8. The van der Waals surface area contributed by atoms with Gasteiger partial charge in [-0.15, -0.1) is 0 Å². The third-order valence-electron chi connectivity index (χ3n) is 1.55. The van der Waals surface area contributed by atoms with Crippen LogP contribution in [0, 0.1) is 10.7 Å². The van der Waals surface area contributed by atoms with Crippen molar-refractivity contribution in [3.05, 3.63) is 28.9 Å². The molecule has 1 rings (SSSR count). The lowest BCUT2D eigenvalue weighted by Gasteiger charge is -1.96. The molecule has 0 bridgehead atoms. The van der Waals surface area contributed by atoms with Crippen molar-refractivity contribution in [2.24, 2.45) is 0 Å². The van der Waals surface area contributed by atoms with E-state index in [2.05, 4.69) is 0 Å². The van der Waals surface area contributed by atoms with Crippen LogP contribution in [0.2, 0.25) is 0 Å². The largest absolute Gasteiger partial charge is 0.353 e. The van der Waals surface area contributed by atoms with E-state index in [0.717, 1.165) is 24.5 Å². The fourth-order valence-corrected chi connectivity index (χ4v) is 1.51. The van der Waals surface area contributed by atoms with E-state index < -0.39 is 26.3 Å². The first-order chi connectivity index (χ1) is 6.32. The van der Waals surface area contributed by atoms with Gasteiger partial charge in [0, 0.05) is 12.3 Å². The fraction of sp³-hybridized carbons (Fsp3) is 0.143. The second-order valence-corrected chi connectivity index (χ2v) is 4.67. The predicted molar refractivity (Wildman–Crippen MR) is 44.6 cm³/mol. The molecule has 0 saturated heterocycles. The first-order valence-corrected chi connectivity index (χ1v) is 5.37. The van der Waals surface area contributed by atoms with E-state index in [-0.39, 0.29) is 4.90 Å². The lowest BCUT2D eigenvalue weighted by atomic mass is 10.3. The van der Waals surface area contributed by atoms with E-state index in [1.165, 1.54) is 0 Å². The third-order valence-corrected chi connectivity index (χ3v) is 2.66. The first-order valence-electron chi connectivity index (χ1n) is 3.48. The molecule has 1 aromatic rings. The van der Waals surface area contributed by atoms with Crippen molar-refractivity contribution in [1.82, 2.24) is 0 Å². The number of hydrogen-bond acceptors (Lipinski definition) is 3. The zero-order chi connectivity index (χ0) is 10.9. The second-order valence-electron chi connectivity index (χ2n) is 2.66. The molecule has 1 aromatic carbocycles. The summed E-state index contributed by atoms with van der Waals surface area (Å²) in [6.07, 6.45) is 0.913.